The van der Waals surface area contributed by atoms with Crippen LogP contribution in [-0.4, -0.2) is 45.1 Å². The van der Waals surface area contributed by atoms with E-state index in [0.717, 1.165) is 43.8 Å². The van der Waals surface area contributed by atoms with Gasteiger partial charge in [-0.05, 0) is 25.7 Å². The number of carbonyl (C=O) groups excluding carboxylic acids is 1. The highest BCUT2D eigenvalue weighted by molar-refractivity contribution is 5.92. The number of aromatic nitrogens is 3. The van der Waals surface area contributed by atoms with Gasteiger partial charge in [-0.15, -0.1) is 0 Å². The van der Waals surface area contributed by atoms with Crippen molar-refractivity contribution in [3.05, 3.63) is 35.7 Å². The minimum Gasteiger partial charge on any atom is -0.458 e. The SMILES string of the molecule is O=C(c1cc(C2CC2)on1)N1CCC[C@H](Oc2ncc(F)cn2)C1. The molecule has 1 aliphatic carbocycles. The van der Waals surface area contributed by atoms with Gasteiger partial charge in [-0.25, -0.2) is 14.4 Å². The minimum atomic E-state index is -0.514. The summed E-state index contributed by atoms with van der Waals surface area (Å²) in [7, 11) is 0. The monoisotopic (exact) mass is 332 g/mol. The quantitative estimate of drug-likeness (QED) is 0.853. The molecule has 0 unspecified atom stereocenters. The Labute approximate surface area is 137 Å². The molecule has 0 spiro atoms. The molecule has 2 aromatic heterocycles. The molecule has 0 aromatic carbocycles. The van der Waals surface area contributed by atoms with Gasteiger partial charge in [0.05, 0.1) is 18.9 Å². The van der Waals surface area contributed by atoms with E-state index in [1.807, 2.05) is 0 Å². The molecule has 1 atom stereocenters. The summed E-state index contributed by atoms with van der Waals surface area (Å²) in [5, 5.41) is 3.90. The number of carbonyl (C=O) groups is 1. The van der Waals surface area contributed by atoms with E-state index in [2.05, 4.69) is 15.1 Å². The lowest BCUT2D eigenvalue weighted by Crippen LogP contribution is -2.44. The molecule has 7 nitrogen and oxygen atoms in total. The molecule has 0 bridgehead atoms. The fourth-order valence-electron chi connectivity index (χ4n) is 2.84. The molecule has 2 aromatic rings. The van der Waals surface area contributed by atoms with Gasteiger partial charge in [-0.3, -0.25) is 4.79 Å². The lowest BCUT2D eigenvalue weighted by Gasteiger charge is -2.31. The molecular weight excluding hydrogens is 315 g/mol. The number of halogens is 1. The van der Waals surface area contributed by atoms with Crippen molar-refractivity contribution in [3.8, 4) is 6.01 Å². The van der Waals surface area contributed by atoms with Crippen LogP contribution in [-0.2, 0) is 0 Å². The molecule has 24 heavy (non-hydrogen) atoms. The summed E-state index contributed by atoms with van der Waals surface area (Å²) in [6, 6.07) is 1.86. The molecule has 3 heterocycles. The van der Waals surface area contributed by atoms with Gasteiger partial charge < -0.3 is 14.2 Å². The second-order valence-electron chi connectivity index (χ2n) is 6.21. The van der Waals surface area contributed by atoms with Crippen LogP contribution in [0.2, 0.25) is 0 Å². The van der Waals surface area contributed by atoms with Gasteiger partial charge in [-0.2, -0.15) is 0 Å². The lowest BCUT2D eigenvalue weighted by atomic mass is 10.1. The molecule has 1 saturated carbocycles. The highest BCUT2D eigenvalue weighted by atomic mass is 19.1. The smallest absolute Gasteiger partial charge is 0.316 e. The van der Waals surface area contributed by atoms with E-state index in [-0.39, 0.29) is 18.0 Å². The van der Waals surface area contributed by atoms with Crippen molar-refractivity contribution < 1.29 is 18.4 Å². The summed E-state index contributed by atoms with van der Waals surface area (Å²) in [5.41, 5.74) is 0.343. The van der Waals surface area contributed by atoms with Crippen molar-refractivity contribution in [3.63, 3.8) is 0 Å². The molecule has 0 radical (unpaired) electrons. The Morgan fingerprint density at radius 3 is 2.83 bits per heavy atom. The van der Waals surface area contributed by atoms with Crippen LogP contribution in [0.5, 0.6) is 6.01 Å². The third-order valence-electron chi connectivity index (χ3n) is 4.26. The first-order valence-corrected chi connectivity index (χ1v) is 8.09. The van der Waals surface area contributed by atoms with Gasteiger partial charge in [0.15, 0.2) is 11.5 Å². The van der Waals surface area contributed by atoms with Crippen LogP contribution in [0, 0.1) is 5.82 Å². The van der Waals surface area contributed by atoms with E-state index < -0.39 is 5.82 Å². The van der Waals surface area contributed by atoms with Gasteiger partial charge in [0.1, 0.15) is 11.9 Å². The first-order valence-electron chi connectivity index (χ1n) is 8.09. The third kappa shape index (κ3) is 3.22. The molecule has 1 aliphatic heterocycles. The largest absolute Gasteiger partial charge is 0.458 e. The van der Waals surface area contributed by atoms with Gasteiger partial charge in [0.2, 0.25) is 0 Å². The molecule has 4 rings (SSSR count). The standard InChI is InChI=1S/C16H17FN4O3/c17-11-7-18-16(19-8-11)23-12-2-1-5-21(9-12)15(22)13-6-14(24-20-13)10-3-4-10/h6-8,10,12H,1-5,9H2/t12-/m0/s1. The zero-order valence-electron chi connectivity index (χ0n) is 13.0. The fourth-order valence-corrected chi connectivity index (χ4v) is 2.84. The summed E-state index contributed by atoms with van der Waals surface area (Å²) in [6.07, 6.45) is 5.69. The number of nitrogens with zero attached hydrogens (tertiary/aromatic N) is 4. The molecule has 8 heteroatoms. The number of hydrogen-bond donors (Lipinski definition) is 0. The normalized spacial score (nSPS) is 20.9. The minimum absolute atomic E-state index is 0.119. The molecule has 126 valence electrons. The van der Waals surface area contributed by atoms with Gasteiger partial charge in [-0.1, -0.05) is 5.16 Å². The van der Waals surface area contributed by atoms with Crippen LogP contribution in [0.3, 0.4) is 0 Å². The summed E-state index contributed by atoms with van der Waals surface area (Å²) < 4.78 is 23.7. The highest BCUT2D eigenvalue weighted by Crippen LogP contribution is 2.40. The van der Waals surface area contributed by atoms with Gasteiger partial charge in [0.25, 0.3) is 5.91 Å². The Morgan fingerprint density at radius 2 is 2.08 bits per heavy atom. The van der Waals surface area contributed by atoms with Crippen molar-refractivity contribution in [2.75, 3.05) is 13.1 Å². The van der Waals surface area contributed by atoms with Crippen LogP contribution in [0.1, 0.15) is 47.8 Å². The highest BCUT2D eigenvalue weighted by Gasteiger charge is 2.31. The first kappa shape index (κ1) is 15.0. The molecule has 1 saturated heterocycles. The Hall–Kier alpha value is -2.51. The summed E-state index contributed by atoms with van der Waals surface area (Å²) >= 11 is 0. The van der Waals surface area contributed by atoms with Crippen molar-refractivity contribution >= 4 is 5.91 Å². The third-order valence-corrected chi connectivity index (χ3v) is 4.26. The predicted octanol–water partition coefficient (Wildman–Crippen LogP) is 2.16. The molecule has 1 amide bonds. The maximum atomic E-state index is 12.8. The second kappa shape index (κ2) is 6.18. The summed E-state index contributed by atoms with van der Waals surface area (Å²) in [5.74, 6) is 0.550. The van der Waals surface area contributed by atoms with E-state index in [0.29, 0.717) is 24.7 Å². The maximum Gasteiger partial charge on any atom is 0.316 e. The Kier molecular flexibility index (Phi) is 3.87. The topological polar surface area (TPSA) is 81.4 Å². The van der Waals surface area contributed by atoms with Gasteiger partial charge >= 0.3 is 6.01 Å². The van der Waals surface area contributed by atoms with E-state index in [1.165, 1.54) is 0 Å². The second-order valence-corrected chi connectivity index (χ2v) is 6.21. The van der Waals surface area contributed by atoms with E-state index >= 15 is 0 Å². The molecular formula is C16H17FN4O3. The van der Waals surface area contributed by atoms with E-state index in [9.17, 15) is 9.18 Å². The number of ether oxygens (including phenoxy) is 1. The molecule has 2 fully saturated rings. The maximum absolute atomic E-state index is 12.8. The van der Waals surface area contributed by atoms with Crippen molar-refractivity contribution in [2.24, 2.45) is 0 Å². The zero-order valence-corrected chi connectivity index (χ0v) is 13.0. The lowest BCUT2D eigenvalue weighted by molar-refractivity contribution is 0.0506. The average molecular weight is 332 g/mol. The van der Waals surface area contributed by atoms with Crippen LogP contribution in [0.15, 0.2) is 23.0 Å². The van der Waals surface area contributed by atoms with Crippen LogP contribution in [0.4, 0.5) is 4.39 Å². The molecule has 2 aliphatic rings. The van der Waals surface area contributed by atoms with Crippen LogP contribution in [0.25, 0.3) is 0 Å². The summed E-state index contributed by atoms with van der Waals surface area (Å²) in [4.78, 5) is 21.8. The number of hydrogen-bond acceptors (Lipinski definition) is 6. The Morgan fingerprint density at radius 1 is 1.29 bits per heavy atom. The first-order chi connectivity index (χ1) is 11.7. The number of likely N-dealkylation sites (tertiary alicyclic amines) is 1. The molecule has 0 N–H and O–H groups in total. The van der Waals surface area contributed by atoms with Crippen molar-refractivity contribution in [2.45, 2.75) is 37.7 Å². The Balaban J connectivity index is 1.39. The van der Waals surface area contributed by atoms with Gasteiger partial charge in [0, 0.05) is 18.5 Å². The van der Waals surface area contributed by atoms with E-state index in [4.69, 9.17) is 9.26 Å². The number of piperidine rings is 1. The van der Waals surface area contributed by atoms with Crippen molar-refractivity contribution in [1.29, 1.82) is 0 Å². The van der Waals surface area contributed by atoms with Crippen molar-refractivity contribution in [1.82, 2.24) is 20.0 Å². The van der Waals surface area contributed by atoms with E-state index in [1.54, 1.807) is 11.0 Å². The summed E-state index contributed by atoms with van der Waals surface area (Å²) in [6.45, 7) is 1.07. The van der Waals surface area contributed by atoms with Crippen LogP contribution >= 0.6 is 0 Å². The van der Waals surface area contributed by atoms with Crippen LogP contribution < -0.4 is 4.74 Å². The predicted molar refractivity (Wildman–Crippen MR) is 80.0 cm³/mol. The average Bonchev–Trinajstić information content (AvgIpc) is 3.34. The number of amides is 1. The zero-order chi connectivity index (χ0) is 16.5. The number of rotatable bonds is 4. The fraction of sp³-hybridized carbons (Fsp3) is 0.500. The Bertz CT molecular complexity index is 729.